The van der Waals surface area contributed by atoms with Gasteiger partial charge in [0, 0.05) is 12.6 Å². The van der Waals surface area contributed by atoms with E-state index in [1.54, 1.807) is 25.6 Å². The quantitative estimate of drug-likeness (QED) is 0.349. The van der Waals surface area contributed by atoms with Gasteiger partial charge in [-0.05, 0) is 24.3 Å². The molecule has 142 valence electrons. The van der Waals surface area contributed by atoms with Crippen molar-refractivity contribution < 1.29 is 8.83 Å². The minimum absolute atomic E-state index is 0.432. The van der Waals surface area contributed by atoms with Crippen molar-refractivity contribution >= 4 is 5.96 Å². The van der Waals surface area contributed by atoms with Crippen molar-refractivity contribution in [3.63, 3.8) is 0 Å². The zero-order valence-corrected chi connectivity index (χ0v) is 15.2. The number of nitrogens with zero attached hydrogens (tertiary/aromatic N) is 4. The van der Waals surface area contributed by atoms with Crippen LogP contribution in [0.15, 0.2) is 68.8 Å². The van der Waals surface area contributed by atoms with Crippen LogP contribution in [0.3, 0.4) is 0 Å². The molecule has 9 nitrogen and oxygen atoms in total. The van der Waals surface area contributed by atoms with Gasteiger partial charge in [0.15, 0.2) is 11.7 Å². The van der Waals surface area contributed by atoms with Gasteiger partial charge in [-0.15, -0.1) is 5.10 Å². The molecule has 4 aromatic rings. The Balaban J connectivity index is 1.30. The number of aromatic nitrogens is 4. The second-order valence-corrected chi connectivity index (χ2v) is 5.87. The molecule has 28 heavy (non-hydrogen) atoms. The first-order chi connectivity index (χ1) is 13.8. The highest BCUT2D eigenvalue weighted by Crippen LogP contribution is 2.17. The largest absolute Gasteiger partial charge is 0.461 e. The van der Waals surface area contributed by atoms with Crippen molar-refractivity contribution in [3.05, 3.63) is 66.5 Å². The van der Waals surface area contributed by atoms with Gasteiger partial charge in [0.05, 0.1) is 25.0 Å². The van der Waals surface area contributed by atoms with Crippen molar-refractivity contribution in [2.45, 2.75) is 13.1 Å². The summed E-state index contributed by atoms with van der Waals surface area (Å²) in [4.78, 5) is 13.1. The summed E-state index contributed by atoms with van der Waals surface area (Å²) in [6, 6.07) is 13.4. The molecule has 1 aromatic carbocycles. The van der Waals surface area contributed by atoms with Gasteiger partial charge in [0.2, 0.25) is 11.7 Å². The standard InChI is InChI=1S/C19H19N7O2/c1-20-19(22-11-16-24-17(26-25-16)15-8-5-9-27-15)21-10-14-12-28-18(23-14)13-6-3-2-4-7-13/h2-9,12H,10-11H2,1H3,(H2,20,21,22)(H,24,25,26). The van der Waals surface area contributed by atoms with Crippen LogP contribution in [0.5, 0.6) is 0 Å². The number of aromatic amines is 1. The number of rotatable bonds is 6. The van der Waals surface area contributed by atoms with Crippen molar-refractivity contribution in [1.82, 2.24) is 30.8 Å². The molecule has 0 atom stereocenters. The van der Waals surface area contributed by atoms with Gasteiger partial charge in [-0.3, -0.25) is 10.1 Å². The van der Waals surface area contributed by atoms with Gasteiger partial charge in [-0.2, -0.15) is 0 Å². The molecule has 0 aliphatic rings. The fourth-order valence-corrected chi connectivity index (χ4v) is 2.55. The number of guanidine groups is 1. The number of hydrogen-bond acceptors (Lipinski definition) is 6. The molecule has 0 amide bonds. The predicted molar refractivity (Wildman–Crippen MR) is 103 cm³/mol. The summed E-state index contributed by atoms with van der Waals surface area (Å²) in [7, 11) is 1.70. The summed E-state index contributed by atoms with van der Waals surface area (Å²) in [5.74, 6) is 3.00. The SMILES string of the molecule is CN=C(NCc1coc(-c2ccccc2)n1)NCc1nc(-c2ccco2)n[nH]1. The maximum Gasteiger partial charge on any atom is 0.226 e. The van der Waals surface area contributed by atoms with Crippen LogP contribution < -0.4 is 10.6 Å². The van der Waals surface area contributed by atoms with Gasteiger partial charge < -0.3 is 19.5 Å². The van der Waals surface area contributed by atoms with Crippen molar-refractivity contribution in [2.24, 2.45) is 4.99 Å². The summed E-state index contributed by atoms with van der Waals surface area (Å²) < 4.78 is 10.8. The van der Waals surface area contributed by atoms with Gasteiger partial charge in [-0.1, -0.05) is 18.2 Å². The van der Waals surface area contributed by atoms with Crippen LogP contribution in [0.25, 0.3) is 23.0 Å². The third kappa shape index (κ3) is 4.09. The number of benzene rings is 1. The van der Waals surface area contributed by atoms with E-state index in [9.17, 15) is 0 Å². The zero-order chi connectivity index (χ0) is 19.2. The van der Waals surface area contributed by atoms with Crippen LogP contribution in [0.2, 0.25) is 0 Å². The lowest BCUT2D eigenvalue weighted by molar-refractivity contribution is 0.572. The van der Waals surface area contributed by atoms with Crippen molar-refractivity contribution in [3.8, 4) is 23.0 Å². The van der Waals surface area contributed by atoms with Crippen LogP contribution in [0.1, 0.15) is 11.5 Å². The molecule has 0 fully saturated rings. The lowest BCUT2D eigenvalue weighted by Crippen LogP contribution is -2.36. The van der Waals surface area contributed by atoms with Crippen LogP contribution in [-0.2, 0) is 13.1 Å². The number of hydrogen-bond donors (Lipinski definition) is 3. The minimum Gasteiger partial charge on any atom is -0.461 e. The van der Waals surface area contributed by atoms with Crippen molar-refractivity contribution in [2.75, 3.05) is 7.05 Å². The first-order valence-electron chi connectivity index (χ1n) is 8.71. The van der Waals surface area contributed by atoms with Crippen LogP contribution >= 0.6 is 0 Å². The molecule has 0 unspecified atom stereocenters. The first-order valence-corrected chi connectivity index (χ1v) is 8.71. The van der Waals surface area contributed by atoms with Crippen LogP contribution in [0.4, 0.5) is 0 Å². The summed E-state index contributed by atoms with van der Waals surface area (Å²) in [6.45, 7) is 0.908. The minimum atomic E-state index is 0.432. The Morgan fingerprint density at radius 1 is 1.04 bits per heavy atom. The van der Waals surface area contributed by atoms with E-state index in [1.165, 1.54) is 0 Å². The monoisotopic (exact) mass is 377 g/mol. The van der Waals surface area contributed by atoms with E-state index < -0.39 is 0 Å². The van der Waals surface area contributed by atoms with Gasteiger partial charge >= 0.3 is 0 Å². The summed E-state index contributed by atoms with van der Waals surface area (Å²) >= 11 is 0. The van der Waals surface area contributed by atoms with E-state index >= 15 is 0 Å². The molecule has 0 bridgehead atoms. The Hall–Kier alpha value is -3.88. The topological polar surface area (TPSA) is 117 Å². The highest BCUT2D eigenvalue weighted by molar-refractivity contribution is 5.79. The smallest absolute Gasteiger partial charge is 0.226 e. The van der Waals surface area contributed by atoms with E-state index in [2.05, 4.69) is 35.8 Å². The molecular weight excluding hydrogens is 358 g/mol. The molecule has 0 radical (unpaired) electrons. The van der Waals surface area contributed by atoms with Gasteiger partial charge in [0.1, 0.15) is 12.1 Å². The molecule has 0 spiro atoms. The summed E-state index contributed by atoms with van der Waals surface area (Å²) in [6.07, 6.45) is 3.22. The van der Waals surface area contributed by atoms with E-state index in [4.69, 9.17) is 8.83 Å². The molecule has 4 rings (SSSR count). The van der Waals surface area contributed by atoms with Crippen LogP contribution in [0, 0.1) is 0 Å². The third-order valence-electron chi connectivity index (χ3n) is 3.93. The molecule has 3 N–H and O–H groups in total. The Morgan fingerprint density at radius 3 is 2.68 bits per heavy atom. The summed E-state index contributed by atoms with van der Waals surface area (Å²) in [5.41, 5.74) is 1.72. The van der Waals surface area contributed by atoms with Gasteiger partial charge in [0.25, 0.3) is 0 Å². The average Bonchev–Trinajstić information content (AvgIpc) is 3.49. The molecule has 9 heteroatoms. The van der Waals surface area contributed by atoms with Gasteiger partial charge in [-0.25, -0.2) is 9.97 Å². The molecule has 0 saturated carbocycles. The Bertz CT molecular complexity index is 1040. The average molecular weight is 377 g/mol. The first kappa shape index (κ1) is 17.5. The molecule has 3 heterocycles. The fraction of sp³-hybridized carbons (Fsp3) is 0.158. The lowest BCUT2D eigenvalue weighted by Gasteiger charge is -2.09. The number of furan rings is 1. The second kappa shape index (κ2) is 8.21. The Kier molecular flexibility index (Phi) is 5.14. The lowest BCUT2D eigenvalue weighted by atomic mass is 10.2. The Labute approximate surface area is 160 Å². The molecule has 0 saturated heterocycles. The maximum absolute atomic E-state index is 5.54. The molecule has 3 aromatic heterocycles. The van der Waals surface area contributed by atoms with E-state index in [0.717, 1.165) is 11.3 Å². The predicted octanol–water partition coefficient (Wildman–Crippen LogP) is 2.58. The zero-order valence-electron chi connectivity index (χ0n) is 15.2. The summed E-state index contributed by atoms with van der Waals surface area (Å²) in [5, 5.41) is 13.4. The highest BCUT2D eigenvalue weighted by atomic mass is 16.3. The van der Waals surface area contributed by atoms with Crippen molar-refractivity contribution in [1.29, 1.82) is 0 Å². The molecule has 0 aliphatic carbocycles. The number of aliphatic imine (C=N–C) groups is 1. The number of oxazole rings is 1. The third-order valence-corrected chi connectivity index (χ3v) is 3.93. The molecule has 0 aliphatic heterocycles. The number of H-pyrrole nitrogens is 1. The number of nitrogens with one attached hydrogen (secondary N) is 3. The van der Waals surface area contributed by atoms with E-state index in [0.29, 0.717) is 42.3 Å². The van der Waals surface area contributed by atoms with Crippen LogP contribution in [-0.4, -0.2) is 33.2 Å². The van der Waals surface area contributed by atoms with E-state index in [-0.39, 0.29) is 0 Å². The van der Waals surface area contributed by atoms with E-state index in [1.807, 2.05) is 36.4 Å². The normalized spacial score (nSPS) is 11.5. The second-order valence-electron chi connectivity index (χ2n) is 5.87. The molecular formula is C19H19N7O2. The maximum atomic E-state index is 5.54. The highest BCUT2D eigenvalue weighted by Gasteiger charge is 2.10. The Morgan fingerprint density at radius 2 is 1.89 bits per heavy atom. The fourth-order valence-electron chi connectivity index (χ4n) is 2.55.